The Morgan fingerprint density at radius 3 is 2.45 bits per heavy atom. The molecule has 1 fully saturated rings. The van der Waals surface area contributed by atoms with Gasteiger partial charge in [0.25, 0.3) is 0 Å². The van der Waals surface area contributed by atoms with E-state index < -0.39 is 0 Å². The third-order valence-electron chi connectivity index (χ3n) is 5.17. The average molecular weight is 277 g/mol. The molecule has 0 saturated heterocycles. The van der Waals surface area contributed by atoms with Crippen molar-refractivity contribution in [2.75, 3.05) is 0 Å². The van der Waals surface area contributed by atoms with Gasteiger partial charge in [0, 0.05) is 17.4 Å². The summed E-state index contributed by atoms with van der Waals surface area (Å²) in [6.45, 7) is 0. The van der Waals surface area contributed by atoms with Crippen LogP contribution in [-0.2, 0) is 10.9 Å². The number of hydrogen-bond acceptors (Lipinski definition) is 0. The van der Waals surface area contributed by atoms with E-state index in [-0.39, 0.29) is 10.9 Å². The van der Waals surface area contributed by atoms with Crippen molar-refractivity contribution in [2.45, 2.75) is 27.4 Å². The molecule has 1 unspecified atom stereocenters. The van der Waals surface area contributed by atoms with E-state index in [0.29, 0.717) is 0 Å². The van der Waals surface area contributed by atoms with Crippen molar-refractivity contribution in [2.24, 2.45) is 11.8 Å². The van der Waals surface area contributed by atoms with Crippen LogP contribution in [0.3, 0.4) is 0 Å². The van der Waals surface area contributed by atoms with Crippen molar-refractivity contribution in [1.29, 1.82) is 0 Å². The van der Waals surface area contributed by atoms with Gasteiger partial charge in [-0.3, -0.25) is 0 Å². The predicted octanol–water partition coefficient (Wildman–Crippen LogP) is 4.39. The van der Waals surface area contributed by atoms with Gasteiger partial charge in [-0.05, 0) is 30.5 Å². The van der Waals surface area contributed by atoms with Crippen LogP contribution in [0, 0.1) is 11.8 Å². The van der Waals surface area contributed by atoms with E-state index in [2.05, 4.69) is 66.7 Å². The molecule has 0 N–H and O–H groups in total. The quantitative estimate of drug-likeness (QED) is 0.535. The second kappa shape index (κ2) is 4.02. The first-order valence-electron chi connectivity index (χ1n) is 7.49. The maximum absolute atomic E-state index is 2.50. The predicted molar refractivity (Wildman–Crippen MR) is 84.0 cm³/mol. The van der Waals surface area contributed by atoms with Crippen molar-refractivity contribution < 1.29 is 0 Å². The minimum Gasteiger partial charge on any atom is -0.0841 e. The minimum atomic E-state index is 0.278. The Morgan fingerprint density at radius 1 is 0.800 bits per heavy atom. The Labute approximate surface area is 122 Å². The van der Waals surface area contributed by atoms with Crippen LogP contribution in [0.15, 0.2) is 76.5 Å². The Kier molecular flexibility index (Phi) is 2.25. The van der Waals surface area contributed by atoms with E-state index in [1.165, 1.54) is 11.3 Å². The van der Waals surface area contributed by atoms with Crippen LogP contribution >= 0.6 is 0 Å². The molecule has 1 heteroatoms. The van der Waals surface area contributed by atoms with E-state index in [4.69, 9.17) is 0 Å². The lowest BCUT2D eigenvalue weighted by atomic mass is 9.87. The molecular weight excluding hydrogens is 260 g/mol. The van der Waals surface area contributed by atoms with Gasteiger partial charge < -0.3 is 0 Å². The lowest BCUT2D eigenvalue weighted by Crippen LogP contribution is -2.25. The smallest absolute Gasteiger partial charge is 0.0841 e. The van der Waals surface area contributed by atoms with Crippen molar-refractivity contribution in [1.82, 2.24) is 0 Å². The highest BCUT2D eigenvalue weighted by Crippen LogP contribution is 2.60. The van der Waals surface area contributed by atoms with E-state index in [1.807, 2.05) is 0 Å². The molecule has 0 amide bonds. The molecule has 2 bridgehead atoms. The summed E-state index contributed by atoms with van der Waals surface area (Å²) in [5.41, 5.74) is 1.64. The maximum Gasteiger partial charge on any atom is 0.164 e. The SMILES string of the molecule is C1=C[C@H]2C[C@@H]1[C@@H]1[C@H]2c2ccccc2[S+]1c1ccccc1. The van der Waals surface area contributed by atoms with Crippen LogP contribution in [0.2, 0.25) is 0 Å². The molecule has 1 heterocycles. The summed E-state index contributed by atoms with van der Waals surface area (Å²) < 4.78 is 0. The molecule has 5 rings (SSSR count). The summed E-state index contributed by atoms with van der Waals surface area (Å²) in [6.07, 6.45) is 6.38. The number of rotatable bonds is 1. The van der Waals surface area contributed by atoms with Gasteiger partial charge in [-0.1, -0.05) is 48.6 Å². The van der Waals surface area contributed by atoms with Gasteiger partial charge >= 0.3 is 0 Å². The van der Waals surface area contributed by atoms with Gasteiger partial charge in [-0.15, -0.1) is 0 Å². The standard InChI is InChI=1S/C19H17S/c1-2-6-15(7-3-1)20-17-9-5-4-8-16(17)18-13-10-11-14(12-13)19(18)20/h1-11,13-14,18-19H,12H2/q+1/t13-,14+,18+,19+,20?/m0/s1. The average Bonchev–Trinajstić information content (AvgIpc) is 3.19. The lowest BCUT2D eigenvalue weighted by molar-refractivity contribution is 0.598. The summed E-state index contributed by atoms with van der Waals surface area (Å²) in [6, 6.07) is 20.4. The van der Waals surface area contributed by atoms with Gasteiger partial charge in [0.15, 0.2) is 9.79 Å². The van der Waals surface area contributed by atoms with Crippen LogP contribution < -0.4 is 0 Å². The number of allylic oxidation sites excluding steroid dienone is 2. The molecular formula is C19H17S+. The molecule has 1 aliphatic heterocycles. The fourth-order valence-corrected chi connectivity index (χ4v) is 7.65. The zero-order valence-corrected chi connectivity index (χ0v) is 12.1. The Bertz CT molecular complexity index is 688. The highest BCUT2D eigenvalue weighted by atomic mass is 32.2. The summed E-state index contributed by atoms with van der Waals surface area (Å²) in [5, 5.41) is 0.824. The number of benzene rings is 2. The van der Waals surface area contributed by atoms with Crippen LogP contribution in [0.5, 0.6) is 0 Å². The Morgan fingerprint density at radius 2 is 1.55 bits per heavy atom. The van der Waals surface area contributed by atoms with Crippen LogP contribution in [0.25, 0.3) is 0 Å². The van der Waals surface area contributed by atoms with E-state index >= 15 is 0 Å². The zero-order valence-electron chi connectivity index (χ0n) is 11.3. The molecule has 0 nitrogen and oxygen atoms in total. The van der Waals surface area contributed by atoms with Crippen molar-refractivity contribution in [3.8, 4) is 0 Å². The molecule has 1 saturated carbocycles. The number of hydrogen-bond donors (Lipinski definition) is 0. The normalized spacial score (nSPS) is 36.1. The van der Waals surface area contributed by atoms with Gasteiger partial charge in [-0.2, -0.15) is 0 Å². The third kappa shape index (κ3) is 1.34. The van der Waals surface area contributed by atoms with Crippen LogP contribution in [0.1, 0.15) is 17.9 Å². The lowest BCUT2D eigenvalue weighted by Gasteiger charge is -2.18. The topological polar surface area (TPSA) is 0 Å². The largest absolute Gasteiger partial charge is 0.164 e. The first-order valence-corrected chi connectivity index (χ1v) is 8.78. The Balaban J connectivity index is 1.73. The first-order chi connectivity index (χ1) is 9.93. The van der Waals surface area contributed by atoms with Gasteiger partial charge in [0.2, 0.25) is 0 Å². The summed E-state index contributed by atoms with van der Waals surface area (Å²) in [7, 11) is 0.278. The molecule has 2 aromatic rings. The molecule has 3 aliphatic rings. The van der Waals surface area contributed by atoms with E-state index in [9.17, 15) is 0 Å². The third-order valence-corrected chi connectivity index (χ3v) is 7.98. The highest BCUT2D eigenvalue weighted by molar-refractivity contribution is 7.98. The van der Waals surface area contributed by atoms with Crippen molar-refractivity contribution in [3.63, 3.8) is 0 Å². The molecule has 20 heavy (non-hydrogen) atoms. The van der Waals surface area contributed by atoms with E-state index in [1.54, 1.807) is 10.5 Å². The van der Waals surface area contributed by atoms with Gasteiger partial charge in [0.05, 0.1) is 10.9 Å². The summed E-state index contributed by atoms with van der Waals surface area (Å²) in [4.78, 5) is 3.15. The monoisotopic (exact) mass is 277 g/mol. The molecule has 2 aliphatic carbocycles. The zero-order chi connectivity index (χ0) is 13.1. The first kappa shape index (κ1) is 11.2. The molecule has 0 spiro atoms. The Hall–Kier alpha value is -1.47. The molecule has 5 atom stereocenters. The second-order valence-electron chi connectivity index (χ2n) is 6.13. The summed E-state index contributed by atoms with van der Waals surface area (Å²) >= 11 is 0. The second-order valence-corrected chi connectivity index (χ2v) is 8.26. The van der Waals surface area contributed by atoms with E-state index in [0.717, 1.165) is 23.0 Å². The fourth-order valence-electron chi connectivity index (χ4n) is 4.46. The van der Waals surface area contributed by atoms with Crippen LogP contribution in [-0.4, -0.2) is 5.25 Å². The van der Waals surface area contributed by atoms with Gasteiger partial charge in [-0.25, -0.2) is 0 Å². The van der Waals surface area contributed by atoms with Crippen molar-refractivity contribution in [3.05, 3.63) is 72.3 Å². The molecule has 2 aromatic carbocycles. The summed E-state index contributed by atoms with van der Waals surface area (Å²) in [5.74, 6) is 2.39. The fraction of sp³-hybridized carbons (Fsp3) is 0.263. The maximum atomic E-state index is 2.50. The minimum absolute atomic E-state index is 0.278. The van der Waals surface area contributed by atoms with Crippen LogP contribution in [0.4, 0.5) is 0 Å². The van der Waals surface area contributed by atoms with Gasteiger partial charge in [0.1, 0.15) is 5.25 Å². The molecule has 0 radical (unpaired) electrons. The number of fused-ring (bicyclic) bond motifs is 7. The van der Waals surface area contributed by atoms with Crippen molar-refractivity contribution >= 4 is 10.9 Å². The highest BCUT2D eigenvalue weighted by Gasteiger charge is 2.61. The molecule has 0 aromatic heterocycles. The molecule has 98 valence electrons.